The van der Waals surface area contributed by atoms with Crippen molar-refractivity contribution in [2.45, 2.75) is 36.9 Å². The van der Waals surface area contributed by atoms with E-state index in [1.807, 2.05) is 42.6 Å². The molecule has 1 spiro atoms. The summed E-state index contributed by atoms with van der Waals surface area (Å²) in [7, 11) is 0. The number of amides is 1. The summed E-state index contributed by atoms with van der Waals surface area (Å²) >= 11 is 0. The van der Waals surface area contributed by atoms with E-state index in [0.717, 1.165) is 43.6 Å². The van der Waals surface area contributed by atoms with Crippen molar-refractivity contribution in [2.75, 3.05) is 13.1 Å². The number of aliphatic hydroxyl groups is 1. The quantitative estimate of drug-likeness (QED) is 0.464. The molecule has 35 heavy (non-hydrogen) atoms. The van der Waals surface area contributed by atoms with E-state index >= 15 is 0 Å². The summed E-state index contributed by atoms with van der Waals surface area (Å²) < 4.78 is 0. The molecule has 5 nitrogen and oxygen atoms in total. The zero-order valence-electron chi connectivity index (χ0n) is 19.6. The number of aliphatic hydroxyl groups excluding tert-OH is 1. The molecule has 5 heteroatoms. The number of rotatable bonds is 4. The van der Waals surface area contributed by atoms with E-state index in [2.05, 4.69) is 51.6 Å². The summed E-state index contributed by atoms with van der Waals surface area (Å²) in [6.07, 6.45) is 2.89. The van der Waals surface area contributed by atoms with Crippen LogP contribution in [0.2, 0.25) is 0 Å². The Balaban J connectivity index is 1.22. The lowest BCUT2D eigenvalue weighted by Gasteiger charge is -2.43. The highest BCUT2D eigenvalue weighted by Gasteiger charge is 2.52. The van der Waals surface area contributed by atoms with Gasteiger partial charge >= 0.3 is 0 Å². The first-order chi connectivity index (χ1) is 17.2. The fraction of sp³-hybridized carbons (Fsp3) is 0.267. The molecule has 0 radical (unpaired) electrons. The fourth-order valence-corrected chi connectivity index (χ4v) is 6.06. The van der Waals surface area contributed by atoms with E-state index in [1.54, 1.807) is 12.1 Å². The van der Waals surface area contributed by atoms with Crippen molar-refractivity contribution in [3.63, 3.8) is 0 Å². The molecule has 0 saturated carbocycles. The maximum absolute atomic E-state index is 13.0. The van der Waals surface area contributed by atoms with Gasteiger partial charge in [-0.1, -0.05) is 60.7 Å². The molecule has 3 aromatic carbocycles. The summed E-state index contributed by atoms with van der Waals surface area (Å²) in [5, 5.41) is 16.0. The van der Waals surface area contributed by atoms with E-state index in [9.17, 15) is 9.90 Å². The number of hydrogen-bond donors (Lipinski definition) is 2. The minimum Gasteiger partial charge on any atom is -0.390 e. The van der Waals surface area contributed by atoms with Crippen LogP contribution in [0.5, 0.6) is 0 Å². The van der Waals surface area contributed by atoms with Crippen molar-refractivity contribution in [1.29, 1.82) is 0 Å². The van der Waals surface area contributed by atoms with E-state index < -0.39 is 12.1 Å². The van der Waals surface area contributed by atoms with E-state index in [4.69, 9.17) is 0 Å². The Morgan fingerprint density at radius 3 is 2.54 bits per heavy atom. The first kappa shape index (κ1) is 22.0. The standard InChI is InChI=1S/C30H29N3O2/c34-28-27(32-29(35)21-8-2-1-3-9-21)24-11-4-5-13-25(24)30(28)15-18-33(19-16-30)20-22-10-6-14-26-23(22)12-7-17-31-26/h1-14,17,27-28,34H,15-16,18-20H2,(H,32,35)/t27-,28+/m1/s1. The number of fused-ring (bicyclic) bond motifs is 3. The molecule has 2 atom stereocenters. The van der Waals surface area contributed by atoms with Crippen molar-refractivity contribution in [3.8, 4) is 0 Å². The summed E-state index contributed by atoms with van der Waals surface area (Å²) in [6.45, 7) is 2.65. The highest BCUT2D eigenvalue weighted by atomic mass is 16.3. The minimum atomic E-state index is -0.656. The zero-order chi connectivity index (χ0) is 23.8. The third kappa shape index (κ3) is 3.81. The van der Waals surface area contributed by atoms with Gasteiger partial charge in [-0.3, -0.25) is 14.7 Å². The third-order valence-electron chi connectivity index (χ3n) is 7.91. The van der Waals surface area contributed by atoms with Crippen LogP contribution < -0.4 is 5.32 Å². The number of nitrogens with one attached hydrogen (secondary N) is 1. The summed E-state index contributed by atoms with van der Waals surface area (Å²) in [4.78, 5) is 19.9. The Kier molecular flexibility index (Phi) is 5.59. The minimum absolute atomic E-state index is 0.150. The number of carbonyl (C=O) groups is 1. The Bertz CT molecular complexity index is 1360. The second-order valence-corrected chi connectivity index (χ2v) is 9.77. The van der Waals surface area contributed by atoms with Crippen LogP contribution in [0.15, 0.2) is 91.1 Å². The van der Waals surface area contributed by atoms with Crippen LogP contribution in [0.4, 0.5) is 0 Å². The number of carbonyl (C=O) groups excluding carboxylic acids is 1. The lowest BCUT2D eigenvalue weighted by molar-refractivity contribution is 0.0193. The van der Waals surface area contributed by atoms with Crippen LogP contribution in [0.1, 0.15) is 45.9 Å². The van der Waals surface area contributed by atoms with Crippen molar-refractivity contribution in [3.05, 3.63) is 113 Å². The van der Waals surface area contributed by atoms with Gasteiger partial charge in [-0.25, -0.2) is 0 Å². The number of piperidine rings is 1. The normalized spacial score (nSPS) is 21.2. The van der Waals surface area contributed by atoms with Crippen molar-refractivity contribution < 1.29 is 9.90 Å². The molecule has 2 aliphatic rings. The predicted octanol–water partition coefficient (Wildman–Crippen LogP) is 4.61. The summed E-state index contributed by atoms with van der Waals surface area (Å²) in [5.41, 5.74) is 4.79. The molecule has 176 valence electrons. The average molecular weight is 464 g/mol. The molecule has 2 N–H and O–H groups in total. The fourth-order valence-electron chi connectivity index (χ4n) is 6.06. The largest absolute Gasteiger partial charge is 0.390 e. The molecule has 1 saturated heterocycles. The van der Waals surface area contributed by atoms with E-state index in [1.165, 1.54) is 16.5 Å². The molecule has 0 unspecified atom stereocenters. The topological polar surface area (TPSA) is 65.5 Å². The molecule has 1 aliphatic carbocycles. The van der Waals surface area contributed by atoms with Crippen molar-refractivity contribution in [2.24, 2.45) is 0 Å². The van der Waals surface area contributed by atoms with Gasteiger partial charge < -0.3 is 10.4 Å². The van der Waals surface area contributed by atoms with Gasteiger partial charge in [0.2, 0.25) is 0 Å². The molecular weight excluding hydrogens is 434 g/mol. The van der Waals surface area contributed by atoms with Crippen LogP contribution in [0.3, 0.4) is 0 Å². The van der Waals surface area contributed by atoms with Gasteiger partial charge in [0.25, 0.3) is 5.91 Å². The predicted molar refractivity (Wildman–Crippen MR) is 137 cm³/mol. The van der Waals surface area contributed by atoms with Gasteiger partial charge in [-0.2, -0.15) is 0 Å². The maximum atomic E-state index is 13.0. The van der Waals surface area contributed by atoms with Gasteiger partial charge in [-0.15, -0.1) is 0 Å². The Morgan fingerprint density at radius 2 is 1.71 bits per heavy atom. The molecule has 1 aliphatic heterocycles. The Labute approximate surface area is 205 Å². The summed E-state index contributed by atoms with van der Waals surface area (Å²) in [5.74, 6) is -0.150. The van der Waals surface area contributed by atoms with Crippen molar-refractivity contribution >= 4 is 16.8 Å². The Morgan fingerprint density at radius 1 is 0.943 bits per heavy atom. The first-order valence-corrected chi connectivity index (χ1v) is 12.3. The first-order valence-electron chi connectivity index (χ1n) is 12.3. The maximum Gasteiger partial charge on any atom is 0.251 e. The SMILES string of the molecule is O=C(N[C@@H]1c2ccccc2C2(CCN(Cc3cccc4ncccc34)CC2)[C@H]1O)c1ccccc1. The number of aromatic nitrogens is 1. The molecule has 1 aromatic heterocycles. The zero-order valence-corrected chi connectivity index (χ0v) is 19.6. The molecule has 6 rings (SSSR count). The average Bonchev–Trinajstić information content (AvgIpc) is 3.13. The van der Waals surface area contributed by atoms with Gasteiger partial charge in [0.1, 0.15) is 0 Å². The second-order valence-electron chi connectivity index (χ2n) is 9.77. The number of benzene rings is 3. The molecule has 2 heterocycles. The van der Waals surface area contributed by atoms with E-state index in [-0.39, 0.29) is 11.3 Å². The van der Waals surface area contributed by atoms with Crippen molar-refractivity contribution in [1.82, 2.24) is 15.2 Å². The van der Waals surface area contributed by atoms with Crippen LogP contribution in [0.25, 0.3) is 10.9 Å². The van der Waals surface area contributed by atoms with Crippen LogP contribution in [-0.2, 0) is 12.0 Å². The number of nitrogens with zero attached hydrogens (tertiary/aromatic N) is 2. The molecular formula is C30H29N3O2. The van der Waals surface area contributed by atoms with Crippen LogP contribution >= 0.6 is 0 Å². The van der Waals surface area contributed by atoms with Gasteiger partial charge in [0.15, 0.2) is 0 Å². The highest BCUT2D eigenvalue weighted by molar-refractivity contribution is 5.94. The van der Waals surface area contributed by atoms with E-state index in [0.29, 0.717) is 5.56 Å². The third-order valence-corrected chi connectivity index (χ3v) is 7.91. The molecule has 0 bridgehead atoms. The smallest absolute Gasteiger partial charge is 0.251 e. The molecule has 1 amide bonds. The number of pyridine rings is 1. The van der Waals surface area contributed by atoms with Crippen LogP contribution in [0, 0.1) is 0 Å². The van der Waals surface area contributed by atoms with Gasteiger partial charge in [0.05, 0.1) is 17.7 Å². The number of hydrogen-bond acceptors (Lipinski definition) is 4. The molecule has 1 fully saturated rings. The highest BCUT2D eigenvalue weighted by Crippen LogP contribution is 2.51. The lowest BCUT2D eigenvalue weighted by Crippen LogP contribution is -2.49. The second kappa shape index (κ2) is 8.91. The van der Waals surface area contributed by atoms with Gasteiger partial charge in [0, 0.05) is 29.1 Å². The Hall–Kier alpha value is -3.54. The number of likely N-dealkylation sites (tertiary alicyclic amines) is 1. The monoisotopic (exact) mass is 463 g/mol. The lowest BCUT2D eigenvalue weighted by atomic mass is 9.72. The van der Waals surface area contributed by atoms with Gasteiger partial charge in [-0.05, 0) is 66.9 Å². The molecule has 4 aromatic rings. The van der Waals surface area contributed by atoms with Crippen LogP contribution in [-0.4, -0.2) is 40.1 Å². The summed E-state index contributed by atoms with van der Waals surface area (Å²) in [6, 6.07) is 27.5.